The van der Waals surface area contributed by atoms with Crippen LogP contribution in [0.1, 0.15) is 45.8 Å². The number of carbonyl (C=O) groups is 1. The zero-order valence-electron chi connectivity index (χ0n) is 16.1. The normalized spacial score (nSPS) is 28.9. The first kappa shape index (κ1) is 16.8. The van der Waals surface area contributed by atoms with E-state index in [9.17, 15) is 4.79 Å². The fourth-order valence-corrected chi connectivity index (χ4v) is 5.49. The van der Waals surface area contributed by atoms with E-state index in [1.54, 1.807) is 6.26 Å². The molecule has 2 bridgehead atoms. The molecule has 0 radical (unpaired) electrons. The molecule has 0 amide bonds. The molecule has 4 heteroatoms. The van der Waals surface area contributed by atoms with Crippen LogP contribution in [0.25, 0.3) is 22.2 Å². The molecule has 0 saturated heterocycles. The highest BCUT2D eigenvalue weighted by Crippen LogP contribution is 2.66. The average Bonchev–Trinajstić information content (AvgIpc) is 3.18. The Bertz CT molecular complexity index is 1000. The van der Waals surface area contributed by atoms with Crippen LogP contribution >= 0.6 is 0 Å². The van der Waals surface area contributed by atoms with E-state index in [1.807, 2.05) is 30.3 Å². The van der Waals surface area contributed by atoms with E-state index in [1.165, 1.54) is 6.42 Å². The van der Waals surface area contributed by atoms with Gasteiger partial charge < -0.3 is 9.15 Å². The highest BCUT2D eigenvalue weighted by atomic mass is 16.5. The Morgan fingerprint density at radius 1 is 1.26 bits per heavy atom. The second-order valence-electron chi connectivity index (χ2n) is 9.00. The maximum atomic E-state index is 12.7. The minimum absolute atomic E-state index is 0.00430. The van der Waals surface area contributed by atoms with E-state index in [2.05, 4.69) is 25.8 Å². The van der Waals surface area contributed by atoms with Crippen molar-refractivity contribution in [2.75, 3.05) is 0 Å². The van der Waals surface area contributed by atoms with E-state index in [0.717, 1.165) is 35.0 Å². The van der Waals surface area contributed by atoms with Crippen LogP contribution < -0.4 is 0 Å². The van der Waals surface area contributed by atoms with Gasteiger partial charge in [-0.15, -0.1) is 0 Å². The van der Waals surface area contributed by atoms with Crippen molar-refractivity contribution >= 4 is 16.9 Å². The number of hydrogen-bond acceptors (Lipinski definition) is 4. The summed E-state index contributed by atoms with van der Waals surface area (Å²) in [5, 5.41) is 1.08. The minimum atomic E-state index is -0.215. The van der Waals surface area contributed by atoms with Crippen molar-refractivity contribution in [2.45, 2.75) is 52.6 Å². The Labute approximate surface area is 159 Å². The Morgan fingerprint density at radius 2 is 2.07 bits per heavy atom. The predicted octanol–water partition coefficient (Wildman–Crippen LogP) is 5.23. The lowest BCUT2D eigenvalue weighted by Gasteiger charge is -2.38. The second kappa shape index (κ2) is 5.57. The highest BCUT2D eigenvalue weighted by molar-refractivity contribution is 5.98. The van der Waals surface area contributed by atoms with Gasteiger partial charge in [0, 0.05) is 16.4 Å². The maximum absolute atomic E-state index is 12.7. The van der Waals surface area contributed by atoms with Gasteiger partial charge in [0.1, 0.15) is 24.0 Å². The van der Waals surface area contributed by atoms with Crippen molar-refractivity contribution in [3.05, 3.63) is 42.4 Å². The molecule has 1 aromatic carbocycles. The van der Waals surface area contributed by atoms with Crippen LogP contribution in [0.5, 0.6) is 0 Å². The topological polar surface area (TPSA) is 52.3 Å². The number of carbonyl (C=O) groups excluding carboxylic acids is 1. The zero-order valence-corrected chi connectivity index (χ0v) is 16.1. The number of benzene rings is 1. The SMILES string of the molecule is CC1(C)C2CCC1(C)C(OC(=O)Cc1occc3c4ccccc4nc1-3)C2. The van der Waals surface area contributed by atoms with Crippen LogP contribution in [-0.4, -0.2) is 17.1 Å². The molecular weight excluding hydrogens is 338 g/mol. The molecule has 5 rings (SSSR count). The number of aromatic nitrogens is 1. The number of ether oxygens (including phenoxy) is 1. The van der Waals surface area contributed by atoms with Crippen LogP contribution in [0, 0.1) is 16.7 Å². The number of hydrogen-bond donors (Lipinski definition) is 0. The molecule has 2 saturated carbocycles. The van der Waals surface area contributed by atoms with Crippen molar-refractivity contribution in [1.82, 2.24) is 4.98 Å². The standard InChI is InChI=1S/C23H25NO3/c1-22(2)14-8-10-23(22,3)19(12-14)27-20(25)13-18-21-16(9-11-26-18)15-6-4-5-7-17(15)24-21/h4-7,9,11,14,19H,8,10,12-13H2,1-3H3. The number of fused-ring (bicyclic) bond motifs is 5. The summed E-state index contributed by atoms with van der Waals surface area (Å²) in [4.78, 5) is 17.4. The summed E-state index contributed by atoms with van der Waals surface area (Å²) in [6.07, 6.45) is 5.13. The van der Waals surface area contributed by atoms with E-state index in [-0.39, 0.29) is 29.3 Å². The smallest absolute Gasteiger partial charge is 0.313 e. The minimum Gasteiger partial charge on any atom is -0.466 e. The third-order valence-corrected chi connectivity index (χ3v) is 7.68. The van der Waals surface area contributed by atoms with Crippen LogP contribution in [-0.2, 0) is 16.0 Å². The average molecular weight is 363 g/mol. The Kier molecular flexibility index (Phi) is 3.46. The second-order valence-corrected chi connectivity index (χ2v) is 9.00. The van der Waals surface area contributed by atoms with E-state index >= 15 is 0 Å². The van der Waals surface area contributed by atoms with Crippen molar-refractivity contribution < 1.29 is 13.9 Å². The first-order valence-corrected chi connectivity index (χ1v) is 9.84. The molecule has 0 N–H and O–H groups in total. The van der Waals surface area contributed by atoms with Gasteiger partial charge in [-0.25, -0.2) is 4.98 Å². The molecule has 2 aliphatic carbocycles. The molecule has 4 nitrogen and oxygen atoms in total. The Hall–Kier alpha value is -2.36. The summed E-state index contributed by atoms with van der Waals surface area (Å²) in [6.45, 7) is 6.94. The molecule has 1 aromatic rings. The highest BCUT2D eigenvalue weighted by Gasteiger charge is 2.62. The van der Waals surface area contributed by atoms with Crippen molar-refractivity contribution in [1.29, 1.82) is 0 Å². The van der Waals surface area contributed by atoms with E-state index in [0.29, 0.717) is 11.7 Å². The summed E-state index contributed by atoms with van der Waals surface area (Å²) in [5.74, 6) is 1.02. The summed E-state index contributed by atoms with van der Waals surface area (Å²) < 4.78 is 11.7. The van der Waals surface area contributed by atoms with Crippen LogP contribution in [0.2, 0.25) is 0 Å². The summed E-state index contributed by atoms with van der Waals surface area (Å²) in [5.41, 5.74) is 3.01. The van der Waals surface area contributed by atoms with Gasteiger partial charge in [0.05, 0.1) is 11.8 Å². The summed E-state index contributed by atoms with van der Waals surface area (Å²) >= 11 is 0. The quantitative estimate of drug-likeness (QED) is 0.598. The van der Waals surface area contributed by atoms with Gasteiger partial charge in [0.15, 0.2) is 0 Å². The summed E-state index contributed by atoms with van der Waals surface area (Å²) in [6, 6.07) is 9.91. The van der Waals surface area contributed by atoms with Gasteiger partial charge in [0.2, 0.25) is 0 Å². The lowest BCUT2D eigenvalue weighted by Crippen LogP contribution is -2.38. The van der Waals surface area contributed by atoms with Gasteiger partial charge in [-0.2, -0.15) is 0 Å². The number of nitrogens with zero attached hydrogens (tertiary/aromatic N) is 1. The van der Waals surface area contributed by atoms with E-state index in [4.69, 9.17) is 9.15 Å². The third kappa shape index (κ3) is 2.28. The molecule has 0 aromatic heterocycles. The lowest BCUT2D eigenvalue weighted by atomic mass is 9.70. The number of esters is 1. The van der Waals surface area contributed by atoms with Crippen LogP contribution in [0.4, 0.5) is 0 Å². The molecule has 0 spiro atoms. The lowest BCUT2D eigenvalue weighted by molar-refractivity contribution is -0.156. The largest absolute Gasteiger partial charge is 0.466 e. The Morgan fingerprint density at radius 3 is 2.81 bits per heavy atom. The predicted molar refractivity (Wildman–Crippen MR) is 103 cm³/mol. The first-order chi connectivity index (χ1) is 12.9. The van der Waals surface area contributed by atoms with Gasteiger partial charge >= 0.3 is 5.97 Å². The van der Waals surface area contributed by atoms with Gasteiger partial charge in [-0.3, -0.25) is 4.79 Å². The maximum Gasteiger partial charge on any atom is 0.313 e. The monoisotopic (exact) mass is 363 g/mol. The number of para-hydroxylation sites is 1. The van der Waals surface area contributed by atoms with Crippen molar-refractivity contribution in [3.8, 4) is 11.3 Å². The van der Waals surface area contributed by atoms with E-state index < -0.39 is 0 Å². The zero-order chi connectivity index (χ0) is 18.8. The third-order valence-electron chi connectivity index (χ3n) is 7.68. The number of rotatable bonds is 3. The molecule has 2 aliphatic heterocycles. The summed E-state index contributed by atoms with van der Waals surface area (Å²) in [7, 11) is 0. The Balaban J connectivity index is 1.39. The van der Waals surface area contributed by atoms with Gasteiger partial charge in [-0.1, -0.05) is 39.0 Å². The molecule has 3 atom stereocenters. The fraction of sp³-hybridized carbons (Fsp3) is 0.478. The van der Waals surface area contributed by atoms with Crippen LogP contribution in [0.3, 0.4) is 0 Å². The molecule has 140 valence electrons. The molecular formula is C23H25NO3. The molecule has 27 heavy (non-hydrogen) atoms. The van der Waals surface area contributed by atoms with Gasteiger partial charge in [-0.05, 0) is 42.7 Å². The molecule has 2 fully saturated rings. The van der Waals surface area contributed by atoms with Gasteiger partial charge in [0.25, 0.3) is 0 Å². The molecule has 2 heterocycles. The fourth-order valence-electron chi connectivity index (χ4n) is 5.49. The van der Waals surface area contributed by atoms with Crippen molar-refractivity contribution in [3.63, 3.8) is 0 Å². The van der Waals surface area contributed by atoms with Crippen molar-refractivity contribution in [2.24, 2.45) is 16.7 Å². The van der Waals surface area contributed by atoms with Crippen LogP contribution in [0.15, 0.2) is 41.0 Å². The molecule has 4 aliphatic rings. The first-order valence-electron chi connectivity index (χ1n) is 9.84. The molecule has 3 unspecified atom stereocenters.